The van der Waals surface area contributed by atoms with Crippen LogP contribution in [0.15, 0.2) is 54.6 Å². The molecular formula is C28H38ClN3O4S. The topological polar surface area (TPSA) is 86.8 Å². The smallest absolute Gasteiger partial charge is 0.243 e. The summed E-state index contributed by atoms with van der Waals surface area (Å²) >= 11 is 6.07. The van der Waals surface area contributed by atoms with Crippen molar-refractivity contribution in [3.8, 4) is 0 Å². The van der Waals surface area contributed by atoms with Gasteiger partial charge in [-0.1, -0.05) is 74.2 Å². The molecule has 202 valence electrons. The summed E-state index contributed by atoms with van der Waals surface area (Å²) in [4.78, 5) is 28.5. The molecule has 1 aliphatic rings. The number of benzene rings is 2. The highest BCUT2D eigenvalue weighted by atomic mass is 35.5. The number of hydrogen-bond donors (Lipinski definition) is 1. The zero-order valence-electron chi connectivity index (χ0n) is 21.7. The number of rotatable bonds is 12. The molecule has 0 aliphatic heterocycles. The maximum Gasteiger partial charge on any atom is 0.243 e. The predicted molar refractivity (Wildman–Crippen MR) is 149 cm³/mol. The molecule has 1 N–H and O–H groups in total. The highest BCUT2D eigenvalue weighted by molar-refractivity contribution is 7.92. The van der Waals surface area contributed by atoms with Crippen molar-refractivity contribution >= 4 is 39.1 Å². The molecule has 1 unspecified atom stereocenters. The Morgan fingerprint density at radius 1 is 1.05 bits per heavy atom. The first-order chi connectivity index (χ1) is 17.7. The van der Waals surface area contributed by atoms with Crippen LogP contribution in [-0.2, 0) is 26.2 Å². The van der Waals surface area contributed by atoms with E-state index in [4.69, 9.17) is 11.6 Å². The van der Waals surface area contributed by atoms with Crippen molar-refractivity contribution in [1.82, 2.24) is 10.2 Å². The Balaban J connectivity index is 1.73. The van der Waals surface area contributed by atoms with Gasteiger partial charge in [-0.2, -0.15) is 0 Å². The summed E-state index contributed by atoms with van der Waals surface area (Å²) in [6, 6.07) is 15.8. The van der Waals surface area contributed by atoms with Crippen LogP contribution < -0.4 is 9.62 Å². The van der Waals surface area contributed by atoms with Crippen molar-refractivity contribution in [2.24, 2.45) is 0 Å². The minimum atomic E-state index is -3.57. The van der Waals surface area contributed by atoms with Crippen molar-refractivity contribution in [2.45, 2.75) is 76.9 Å². The van der Waals surface area contributed by atoms with E-state index in [0.29, 0.717) is 30.1 Å². The number of sulfonamides is 1. The van der Waals surface area contributed by atoms with E-state index < -0.39 is 16.1 Å². The van der Waals surface area contributed by atoms with Gasteiger partial charge in [0.25, 0.3) is 0 Å². The summed E-state index contributed by atoms with van der Waals surface area (Å²) in [5, 5.41) is 3.62. The average molecular weight is 548 g/mol. The Morgan fingerprint density at radius 3 is 2.38 bits per heavy atom. The number of halogens is 1. The quantitative estimate of drug-likeness (QED) is 0.398. The molecule has 2 aromatic carbocycles. The molecule has 0 saturated heterocycles. The van der Waals surface area contributed by atoms with Crippen LogP contribution in [0.1, 0.15) is 63.9 Å². The summed E-state index contributed by atoms with van der Waals surface area (Å²) in [7, 11) is -3.57. The van der Waals surface area contributed by atoms with Crippen LogP contribution in [0.25, 0.3) is 0 Å². The number of nitrogens with zero attached hydrogens (tertiary/aromatic N) is 2. The molecule has 0 bridgehead atoms. The van der Waals surface area contributed by atoms with Crippen LogP contribution >= 0.6 is 11.6 Å². The van der Waals surface area contributed by atoms with Crippen molar-refractivity contribution in [1.29, 1.82) is 0 Å². The third-order valence-electron chi connectivity index (χ3n) is 6.78. The average Bonchev–Trinajstić information content (AvgIpc) is 2.87. The molecule has 37 heavy (non-hydrogen) atoms. The summed E-state index contributed by atoms with van der Waals surface area (Å²) in [5.74, 6) is -0.288. The van der Waals surface area contributed by atoms with Gasteiger partial charge in [0.05, 0.1) is 11.9 Å². The van der Waals surface area contributed by atoms with E-state index in [-0.39, 0.29) is 30.8 Å². The SMILES string of the molecule is CCC(C(=O)NC1CCCCC1)N(Cc1ccccc1)C(=O)CCCN(c1cccc(Cl)c1)S(C)(=O)=O. The Bertz CT molecular complexity index is 1140. The molecular weight excluding hydrogens is 510 g/mol. The minimum Gasteiger partial charge on any atom is -0.352 e. The number of anilines is 1. The Hall–Kier alpha value is -2.58. The van der Waals surface area contributed by atoms with Gasteiger partial charge in [0, 0.05) is 30.6 Å². The standard InChI is InChI=1S/C28H38ClN3O4S/c1-3-26(28(34)30-24-15-8-5-9-16-24)31(21-22-12-6-4-7-13-22)27(33)18-11-19-32(37(2,35)36)25-17-10-14-23(29)20-25/h4,6-7,10,12-14,17,20,24,26H,3,5,8-9,11,15-16,18-19,21H2,1-2H3,(H,30,34). The molecule has 2 amide bonds. The second kappa shape index (κ2) is 13.8. The van der Waals surface area contributed by atoms with Gasteiger partial charge in [-0.25, -0.2) is 8.42 Å². The normalized spacial score (nSPS) is 15.1. The van der Waals surface area contributed by atoms with Crippen LogP contribution in [0.3, 0.4) is 0 Å². The van der Waals surface area contributed by atoms with Crippen LogP contribution in [0, 0.1) is 0 Å². The van der Waals surface area contributed by atoms with E-state index >= 15 is 0 Å². The van der Waals surface area contributed by atoms with Gasteiger partial charge < -0.3 is 10.2 Å². The van der Waals surface area contributed by atoms with Crippen LogP contribution in [0.2, 0.25) is 5.02 Å². The second-order valence-electron chi connectivity index (χ2n) is 9.69. The zero-order valence-corrected chi connectivity index (χ0v) is 23.3. The molecule has 0 heterocycles. The van der Waals surface area contributed by atoms with Crippen molar-refractivity contribution < 1.29 is 18.0 Å². The van der Waals surface area contributed by atoms with E-state index in [0.717, 1.165) is 37.5 Å². The molecule has 0 spiro atoms. The van der Waals surface area contributed by atoms with Gasteiger partial charge in [-0.3, -0.25) is 13.9 Å². The molecule has 9 heteroatoms. The Kier molecular flexibility index (Phi) is 10.8. The minimum absolute atomic E-state index is 0.115. The van der Waals surface area contributed by atoms with E-state index in [1.807, 2.05) is 37.3 Å². The first kappa shape index (κ1) is 29.0. The molecule has 0 aromatic heterocycles. The third kappa shape index (κ3) is 8.75. The third-order valence-corrected chi connectivity index (χ3v) is 8.21. The number of carbonyl (C=O) groups excluding carboxylic acids is 2. The summed E-state index contributed by atoms with van der Waals surface area (Å²) in [5.41, 5.74) is 1.40. The lowest BCUT2D eigenvalue weighted by Gasteiger charge is -2.33. The van der Waals surface area contributed by atoms with Gasteiger partial charge in [0.2, 0.25) is 21.8 Å². The molecule has 0 radical (unpaired) electrons. The van der Waals surface area contributed by atoms with Crippen molar-refractivity contribution in [3.05, 3.63) is 65.2 Å². The summed E-state index contributed by atoms with van der Waals surface area (Å²) in [6.07, 6.45) is 7.42. The monoisotopic (exact) mass is 547 g/mol. The fourth-order valence-corrected chi connectivity index (χ4v) is 6.02. The predicted octanol–water partition coefficient (Wildman–Crippen LogP) is 5.14. The number of carbonyl (C=O) groups is 2. The highest BCUT2D eigenvalue weighted by Gasteiger charge is 2.30. The summed E-state index contributed by atoms with van der Waals surface area (Å²) < 4.78 is 26.2. The maximum absolute atomic E-state index is 13.5. The number of nitrogens with one attached hydrogen (secondary N) is 1. The van der Waals surface area contributed by atoms with E-state index in [1.54, 1.807) is 29.2 Å². The van der Waals surface area contributed by atoms with E-state index in [2.05, 4.69) is 5.32 Å². The largest absolute Gasteiger partial charge is 0.352 e. The van der Waals surface area contributed by atoms with Crippen LogP contribution in [0.5, 0.6) is 0 Å². The molecule has 1 atom stereocenters. The Morgan fingerprint density at radius 2 is 1.76 bits per heavy atom. The second-order valence-corrected chi connectivity index (χ2v) is 12.0. The molecule has 1 fully saturated rings. The van der Waals surface area contributed by atoms with Gasteiger partial charge >= 0.3 is 0 Å². The summed E-state index contributed by atoms with van der Waals surface area (Å²) in [6.45, 7) is 2.37. The lowest BCUT2D eigenvalue weighted by molar-refractivity contribution is -0.141. The van der Waals surface area contributed by atoms with Crippen LogP contribution in [-0.4, -0.2) is 50.0 Å². The number of hydrogen-bond acceptors (Lipinski definition) is 4. The zero-order chi connectivity index (χ0) is 26.8. The maximum atomic E-state index is 13.5. The van der Waals surface area contributed by atoms with Crippen molar-refractivity contribution in [3.63, 3.8) is 0 Å². The number of amides is 2. The van der Waals surface area contributed by atoms with Gasteiger partial charge in [0.15, 0.2) is 0 Å². The molecule has 2 aromatic rings. The van der Waals surface area contributed by atoms with E-state index in [1.165, 1.54) is 10.7 Å². The fourth-order valence-electron chi connectivity index (χ4n) is 4.88. The van der Waals surface area contributed by atoms with Crippen LogP contribution in [0.4, 0.5) is 5.69 Å². The molecule has 1 aliphatic carbocycles. The lowest BCUT2D eigenvalue weighted by Crippen LogP contribution is -2.51. The first-order valence-corrected chi connectivity index (χ1v) is 15.3. The Labute approximate surface area is 226 Å². The van der Waals surface area contributed by atoms with E-state index in [9.17, 15) is 18.0 Å². The molecule has 7 nitrogen and oxygen atoms in total. The first-order valence-electron chi connectivity index (χ1n) is 13.1. The van der Waals surface area contributed by atoms with Gasteiger partial charge in [-0.05, 0) is 49.4 Å². The van der Waals surface area contributed by atoms with Gasteiger partial charge in [0.1, 0.15) is 6.04 Å². The lowest BCUT2D eigenvalue weighted by atomic mass is 9.95. The fraction of sp³-hybridized carbons (Fsp3) is 0.500. The highest BCUT2D eigenvalue weighted by Crippen LogP contribution is 2.23. The van der Waals surface area contributed by atoms with Gasteiger partial charge in [-0.15, -0.1) is 0 Å². The van der Waals surface area contributed by atoms with Crippen molar-refractivity contribution in [2.75, 3.05) is 17.1 Å². The molecule has 3 rings (SSSR count). The molecule has 1 saturated carbocycles.